The number of carbonyl (C=O) groups excluding carboxylic acids is 3. The maximum Gasteiger partial charge on any atom is 0.352 e. The molecule has 1 aromatic rings. The summed E-state index contributed by atoms with van der Waals surface area (Å²) in [6, 6.07) is 7.67. The third-order valence-electron chi connectivity index (χ3n) is 4.71. The molecule has 29 heavy (non-hydrogen) atoms. The molecule has 2 heterocycles. The third kappa shape index (κ3) is 4.00. The van der Waals surface area contributed by atoms with E-state index in [1.165, 1.54) is 16.7 Å². The number of carboxylic acid groups (broad SMARTS) is 1. The van der Waals surface area contributed by atoms with Gasteiger partial charge in [0, 0.05) is 11.3 Å². The summed E-state index contributed by atoms with van der Waals surface area (Å²) in [7, 11) is 0. The molecule has 8 nitrogen and oxygen atoms in total. The predicted molar refractivity (Wildman–Crippen MR) is 105 cm³/mol. The monoisotopic (exact) mass is 418 g/mol. The number of aliphatic carboxylic acids is 1. The molecule has 0 aliphatic carbocycles. The number of nitrogens with one attached hydrogen (secondary N) is 1. The van der Waals surface area contributed by atoms with Crippen molar-refractivity contribution in [2.75, 3.05) is 5.75 Å². The Labute approximate surface area is 172 Å². The molecule has 0 bridgehead atoms. The minimum Gasteiger partial charge on any atom is -0.477 e. The van der Waals surface area contributed by atoms with Crippen LogP contribution in [0.5, 0.6) is 0 Å². The first-order valence-corrected chi connectivity index (χ1v) is 10.2. The Morgan fingerprint density at radius 3 is 2.48 bits per heavy atom. The van der Waals surface area contributed by atoms with Crippen LogP contribution in [0, 0.1) is 5.92 Å². The average molecular weight is 418 g/mol. The fourth-order valence-electron chi connectivity index (χ4n) is 3.16. The maximum absolute atomic E-state index is 12.9. The molecule has 3 atom stereocenters. The van der Waals surface area contributed by atoms with Crippen LogP contribution in [0.3, 0.4) is 0 Å². The van der Waals surface area contributed by atoms with E-state index in [1.54, 1.807) is 51.1 Å². The summed E-state index contributed by atoms with van der Waals surface area (Å²) in [6.07, 6.45) is -1.20. The molecule has 0 radical (unpaired) electrons. The minimum atomic E-state index is -1.20. The molecule has 0 aromatic heterocycles. The standard InChI is InChI=1S/C20H22N2O6S/c1-10(2)20(27)28-15(12-7-5-4-6-8-12)16(23)21-13-17(24)22-14(19(25)26)11(3)9-29-18(13)22/h4-8,10,13,15,18H,9H2,1-3H3,(H,21,23)(H,25,26). The number of fused-ring (bicyclic) bond motifs is 1. The Balaban J connectivity index is 1.78. The number of hydrogen-bond acceptors (Lipinski definition) is 6. The van der Waals surface area contributed by atoms with Crippen LogP contribution in [0.25, 0.3) is 0 Å². The molecule has 1 aromatic carbocycles. The zero-order chi connectivity index (χ0) is 21.3. The van der Waals surface area contributed by atoms with Crippen LogP contribution in [-0.2, 0) is 23.9 Å². The fraction of sp³-hybridized carbons (Fsp3) is 0.400. The lowest BCUT2D eigenvalue weighted by Gasteiger charge is -2.49. The van der Waals surface area contributed by atoms with Crippen LogP contribution >= 0.6 is 11.8 Å². The Morgan fingerprint density at radius 1 is 1.24 bits per heavy atom. The molecule has 3 rings (SSSR count). The van der Waals surface area contributed by atoms with Crippen molar-refractivity contribution in [1.29, 1.82) is 0 Å². The van der Waals surface area contributed by atoms with Crippen molar-refractivity contribution in [2.45, 2.75) is 38.3 Å². The van der Waals surface area contributed by atoms with E-state index in [0.29, 0.717) is 16.9 Å². The van der Waals surface area contributed by atoms with Crippen molar-refractivity contribution >= 4 is 35.5 Å². The highest BCUT2D eigenvalue weighted by atomic mass is 32.2. The molecule has 2 aliphatic rings. The first-order chi connectivity index (χ1) is 13.7. The summed E-state index contributed by atoms with van der Waals surface area (Å²) in [5, 5.41) is 11.5. The second kappa shape index (κ2) is 8.28. The van der Waals surface area contributed by atoms with Crippen LogP contribution in [0.2, 0.25) is 0 Å². The number of carboxylic acids is 1. The summed E-state index contributed by atoms with van der Waals surface area (Å²) in [6.45, 7) is 5.00. The van der Waals surface area contributed by atoms with Gasteiger partial charge in [-0.05, 0) is 12.5 Å². The van der Waals surface area contributed by atoms with Gasteiger partial charge < -0.3 is 15.2 Å². The number of esters is 1. The number of nitrogens with zero attached hydrogens (tertiary/aromatic N) is 1. The zero-order valence-electron chi connectivity index (χ0n) is 16.2. The molecule has 0 spiro atoms. The SMILES string of the molecule is CC1=C(C(=O)O)N2C(=O)C(NC(=O)C(OC(=O)C(C)C)c3ccccc3)C2SC1. The number of β-lactam (4-membered cyclic amide) rings is 1. The number of amides is 2. The Kier molecular flexibility index (Phi) is 5.97. The number of ether oxygens (including phenoxy) is 1. The first-order valence-electron chi connectivity index (χ1n) is 9.16. The summed E-state index contributed by atoms with van der Waals surface area (Å²) in [5.41, 5.74) is 1.06. The van der Waals surface area contributed by atoms with E-state index in [9.17, 15) is 24.3 Å². The third-order valence-corrected chi connectivity index (χ3v) is 6.13. The highest BCUT2D eigenvalue weighted by Gasteiger charge is 2.54. The number of rotatable bonds is 6. The van der Waals surface area contributed by atoms with Crippen molar-refractivity contribution < 1.29 is 29.0 Å². The Morgan fingerprint density at radius 2 is 1.90 bits per heavy atom. The Bertz CT molecular complexity index is 882. The van der Waals surface area contributed by atoms with Crippen molar-refractivity contribution in [2.24, 2.45) is 5.92 Å². The van der Waals surface area contributed by atoms with Gasteiger partial charge in [-0.3, -0.25) is 19.3 Å². The first kappa shape index (κ1) is 20.9. The lowest BCUT2D eigenvalue weighted by molar-refractivity contribution is -0.161. The van der Waals surface area contributed by atoms with Crippen molar-refractivity contribution in [1.82, 2.24) is 10.2 Å². The van der Waals surface area contributed by atoms with Crippen LogP contribution in [-0.4, -0.2) is 50.9 Å². The predicted octanol–water partition coefficient (Wildman–Crippen LogP) is 1.69. The van der Waals surface area contributed by atoms with Gasteiger partial charge in [-0.2, -0.15) is 0 Å². The number of benzene rings is 1. The zero-order valence-corrected chi connectivity index (χ0v) is 17.1. The molecule has 2 aliphatic heterocycles. The van der Waals surface area contributed by atoms with E-state index in [2.05, 4.69) is 5.32 Å². The van der Waals surface area contributed by atoms with Crippen molar-refractivity contribution in [3.8, 4) is 0 Å². The summed E-state index contributed by atoms with van der Waals surface area (Å²) < 4.78 is 5.39. The van der Waals surface area contributed by atoms with Gasteiger partial charge in [-0.25, -0.2) is 4.79 Å². The quantitative estimate of drug-likeness (QED) is 0.534. The molecule has 9 heteroatoms. The van der Waals surface area contributed by atoms with Crippen LogP contribution in [0.4, 0.5) is 0 Å². The van der Waals surface area contributed by atoms with Gasteiger partial charge in [-0.1, -0.05) is 44.2 Å². The summed E-state index contributed by atoms with van der Waals surface area (Å²) >= 11 is 1.38. The topological polar surface area (TPSA) is 113 Å². The van der Waals surface area contributed by atoms with Crippen LogP contribution < -0.4 is 5.32 Å². The van der Waals surface area contributed by atoms with Gasteiger partial charge >= 0.3 is 11.9 Å². The Hall–Kier alpha value is -2.81. The molecule has 1 saturated heterocycles. The molecular formula is C20H22N2O6S. The van der Waals surface area contributed by atoms with Gasteiger partial charge in [0.25, 0.3) is 11.8 Å². The normalized spacial score (nSPS) is 21.9. The lowest BCUT2D eigenvalue weighted by Crippen LogP contribution is -2.70. The highest BCUT2D eigenvalue weighted by Crippen LogP contribution is 2.40. The van der Waals surface area contributed by atoms with Gasteiger partial charge in [0.05, 0.1) is 5.92 Å². The minimum absolute atomic E-state index is 0.0323. The second-order valence-electron chi connectivity index (χ2n) is 7.21. The molecule has 3 unspecified atom stereocenters. The molecule has 1 fully saturated rings. The van der Waals surface area contributed by atoms with E-state index in [4.69, 9.17) is 4.74 Å². The molecule has 154 valence electrons. The molecule has 2 N–H and O–H groups in total. The van der Waals surface area contributed by atoms with Gasteiger partial charge in [0.15, 0.2) is 0 Å². The smallest absolute Gasteiger partial charge is 0.352 e. The van der Waals surface area contributed by atoms with Crippen molar-refractivity contribution in [3.05, 3.63) is 47.2 Å². The van der Waals surface area contributed by atoms with E-state index in [1.807, 2.05) is 0 Å². The number of carbonyl (C=O) groups is 4. The van der Waals surface area contributed by atoms with E-state index in [-0.39, 0.29) is 5.70 Å². The second-order valence-corrected chi connectivity index (χ2v) is 8.32. The van der Waals surface area contributed by atoms with Gasteiger partial charge in [0.1, 0.15) is 17.1 Å². The molecular weight excluding hydrogens is 396 g/mol. The number of hydrogen-bond donors (Lipinski definition) is 2. The van der Waals surface area contributed by atoms with Crippen LogP contribution in [0.1, 0.15) is 32.4 Å². The van der Waals surface area contributed by atoms with Crippen LogP contribution in [0.15, 0.2) is 41.6 Å². The largest absolute Gasteiger partial charge is 0.477 e. The van der Waals surface area contributed by atoms with E-state index in [0.717, 1.165) is 0 Å². The highest BCUT2D eigenvalue weighted by molar-refractivity contribution is 8.00. The molecule has 2 amide bonds. The van der Waals surface area contributed by atoms with E-state index < -0.39 is 47.2 Å². The van der Waals surface area contributed by atoms with Crippen molar-refractivity contribution in [3.63, 3.8) is 0 Å². The fourth-order valence-corrected chi connectivity index (χ4v) is 4.45. The number of thioether (sulfide) groups is 1. The van der Waals surface area contributed by atoms with Gasteiger partial charge in [0.2, 0.25) is 6.10 Å². The average Bonchev–Trinajstić information content (AvgIpc) is 2.69. The lowest BCUT2D eigenvalue weighted by atomic mass is 10.0. The van der Waals surface area contributed by atoms with E-state index >= 15 is 0 Å². The summed E-state index contributed by atoms with van der Waals surface area (Å²) in [5.74, 6) is -2.78. The molecule has 0 saturated carbocycles. The maximum atomic E-state index is 12.9. The van der Waals surface area contributed by atoms with Gasteiger partial charge in [-0.15, -0.1) is 11.8 Å². The summed E-state index contributed by atoms with van der Waals surface area (Å²) in [4.78, 5) is 50.3.